The first-order chi connectivity index (χ1) is 18.8. The first-order valence-electron chi connectivity index (χ1n) is 12.0. The Balaban J connectivity index is 1.69. The van der Waals surface area contributed by atoms with Crippen molar-refractivity contribution in [3.8, 4) is 21.0 Å². The van der Waals surface area contributed by atoms with E-state index in [2.05, 4.69) is 20.3 Å². The van der Waals surface area contributed by atoms with Crippen LogP contribution in [-0.2, 0) is 16.6 Å². The van der Waals surface area contributed by atoms with Crippen LogP contribution < -0.4 is 15.4 Å². The van der Waals surface area contributed by atoms with Gasteiger partial charge < -0.3 is 10.6 Å². The van der Waals surface area contributed by atoms with Crippen molar-refractivity contribution >= 4 is 38.8 Å². The Kier molecular flexibility index (Phi) is 8.28. The minimum Gasteiger partial charge on any atom is -0.334 e. The molecule has 0 aliphatic heterocycles. The molecule has 0 spiro atoms. The van der Waals surface area contributed by atoms with E-state index in [-0.39, 0.29) is 33.3 Å². The molecule has 0 atom stereocenters. The number of anilines is 1. The molecular formula is C27H26FN5O5S2. The van der Waals surface area contributed by atoms with Crippen LogP contribution in [0.5, 0.6) is 0 Å². The predicted octanol–water partition coefficient (Wildman–Crippen LogP) is 5.92. The quantitative estimate of drug-likeness (QED) is 0.173. The number of sulfonamides is 1. The second-order valence-corrected chi connectivity index (χ2v) is 12.5. The molecular weight excluding hydrogens is 557 g/mol. The molecule has 208 valence electrons. The average Bonchev–Trinajstić information content (AvgIpc) is 3.36. The number of urea groups is 1. The maximum absolute atomic E-state index is 15.7. The normalized spacial score (nSPS) is 11.7. The molecule has 0 bridgehead atoms. The number of nitrogens with zero attached hydrogens (tertiary/aromatic N) is 2. The number of hydrogen-bond acceptors (Lipinski definition) is 7. The third-order valence-corrected chi connectivity index (χ3v) is 8.26. The molecule has 0 aliphatic carbocycles. The Hall–Kier alpha value is -4.20. The lowest BCUT2D eigenvalue weighted by Gasteiger charge is -2.22. The zero-order chi connectivity index (χ0) is 29.1. The number of thiazole rings is 1. The summed E-state index contributed by atoms with van der Waals surface area (Å²) < 4.78 is 45.1. The first-order valence-corrected chi connectivity index (χ1v) is 14.3. The maximum atomic E-state index is 15.7. The summed E-state index contributed by atoms with van der Waals surface area (Å²) in [5.41, 5.74) is 0.169. The summed E-state index contributed by atoms with van der Waals surface area (Å²) in [6.45, 7) is 5.17. The zero-order valence-corrected chi connectivity index (χ0v) is 23.4. The number of benzene rings is 3. The fourth-order valence-electron chi connectivity index (χ4n) is 3.77. The largest absolute Gasteiger partial charge is 0.334 e. The summed E-state index contributed by atoms with van der Waals surface area (Å²) in [6.07, 6.45) is 1.34. The van der Waals surface area contributed by atoms with Crippen LogP contribution >= 0.6 is 11.3 Å². The second kappa shape index (κ2) is 11.5. The van der Waals surface area contributed by atoms with Crippen LogP contribution in [0.25, 0.3) is 21.0 Å². The van der Waals surface area contributed by atoms with Crippen LogP contribution in [0.3, 0.4) is 0 Å². The Morgan fingerprint density at radius 3 is 2.38 bits per heavy atom. The predicted molar refractivity (Wildman–Crippen MR) is 152 cm³/mol. The van der Waals surface area contributed by atoms with Gasteiger partial charge in [-0.15, -0.1) is 11.3 Å². The van der Waals surface area contributed by atoms with Crippen LogP contribution in [-0.4, -0.2) is 29.9 Å². The second-order valence-electron chi connectivity index (χ2n) is 9.81. The highest BCUT2D eigenvalue weighted by molar-refractivity contribution is 7.89. The number of nitro groups is 1. The molecule has 4 aromatic rings. The molecule has 0 saturated carbocycles. The number of hydrogen-bond donors (Lipinski definition) is 3. The summed E-state index contributed by atoms with van der Waals surface area (Å²) in [6, 6.07) is 16.4. The Bertz CT molecular complexity index is 1650. The van der Waals surface area contributed by atoms with E-state index in [0.717, 1.165) is 23.0 Å². The van der Waals surface area contributed by atoms with Crippen LogP contribution in [0.2, 0.25) is 0 Å². The number of carbonyl (C=O) groups is 1. The van der Waals surface area contributed by atoms with Crippen LogP contribution in [0, 0.1) is 15.9 Å². The molecule has 4 rings (SSSR count). The molecule has 3 N–H and O–H groups in total. The Labute approximate surface area is 234 Å². The smallest absolute Gasteiger partial charge is 0.319 e. The molecule has 40 heavy (non-hydrogen) atoms. The molecule has 0 fully saturated rings. The lowest BCUT2D eigenvalue weighted by molar-refractivity contribution is -0.384. The summed E-state index contributed by atoms with van der Waals surface area (Å²) in [4.78, 5) is 27.1. The van der Waals surface area contributed by atoms with Crippen molar-refractivity contribution in [1.82, 2.24) is 15.0 Å². The Morgan fingerprint density at radius 2 is 1.75 bits per heavy atom. The SMILES string of the molecule is CC(C)(C)NS(=O)(=O)c1cc(NC(=O)NCc2ccccc2)cc(F)c1-c1cnc(-c2ccc([N+](=O)[O-])cc2)s1. The van der Waals surface area contributed by atoms with Gasteiger partial charge in [-0.1, -0.05) is 30.3 Å². The molecule has 10 nitrogen and oxygen atoms in total. The van der Waals surface area contributed by atoms with Gasteiger partial charge in [-0.3, -0.25) is 10.1 Å². The molecule has 1 aromatic heterocycles. The third kappa shape index (κ3) is 7.05. The Morgan fingerprint density at radius 1 is 1.07 bits per heavy atom. The van der Waals surface area contributed by atoms with Crippen molar-refractivity contribution in [2.45, 2.75) is 37.8 Å². The third-order valence-electron chi connectivity index (χ3n) is 5.42. The minimum atomic E-state index is -4.26. The number of aromatic nitrogens is 1. The van der Waals surface area contributed by atoms with Gasteiger partial charge in [-0.25, -0.2) is 27.3 Å². The number of halogens is 1. The molecule has 2 amide bonds. The van der Waals surface area contributed by atoms with Gasteiger partial charge in [-0.05, 0) is 50.6 Å². The lowest BCUT2D eigenvalue weighted by atomic mass is 10.1. The first kappa shape index (κ1) is 28.8. The van der Waals surface area contributed by atoms with E-state index in [1.807, 2.05) is 30.3 Å². The maximum Gasteiger partial charge on any atom is 0.319 e. The minimum absolute atomic E-state index is 0.0544. The monoisotopic (exact) mass is 583 g/mol. The summed E-state index contributed by atoms with van der Waals surface area (Å²) >= 11 is 1.03. The van der Waals surface area contributed by atoms with Crippen LogP contribution in [0.15, 0.2) is 77.8 Å². The van der Waals surface area contributed by atoms with Gasteiger partial charge in [0.15, 0.2) is 0 Å². The van der Waals surface area contributed by atoms with E-state index >= 15 is 4.39 Å². The standard InChI is InChI=1S/C27H26FN5O5S2/c1-27(2,3)32-40(37,38)23-14-19(31-26(34)30-15-17-7-5-4-6-8-17)13-21(28)24(23)22-16-29-25(39-22)18-9-11-20(12-10-18)33(35)36/h4-14,16,32H,15H2,1-3H3,(H2,30,31,34). The fraction of sp³-hybridized carbons (Fsp3) is 0.185. The van der Waals surface area contributed by atoms with Crippen molar-refractivity contribution in [1.29, 1.82) is 0 Å². The van der Waals surface area contributed by atoms with E-state index < -0.39 is 32.3 Å². The van der Waals surface area contributed by atoms with Gasteiger partial charge in [-0.2, -0.15) is 0 Å². The molecule has 0 radical (unpaired) electrons. The lowest BCUT2D eigenvalue weighted by Crippen LogP contribution is -2.40. The fourth-order valence-corrected chi connectivity index (χ4v) is 6.49. The van der Waals surface area contributed by atoms with Crippen molar-refractivity contribution in [2.75, 3.05) is 5.32 Å². The molecule has 1 heterocycles. The number of nitrogens with one attached hydrogen (secondary N) is 3. The highest BCUT2D eigenvalue weighted by Crippen LogP contribution is 2.39. The van der Waals surface area contributed by atoms with Gasteiger partial charge in [0.25, 0.3) is 5.69 Å². The van der Waals surface area contributed by atoms with Gasteiger partial charge >= 0.3 is 6.03 Å². The summed E-state index contributed by atoms with van der Waals surface area (Å²) in [5, 5.41) is 16.5. The number of nitro benzene ring substituents is 1. The van der Waals surface area contributed by atoms with Gasteiger partial charge in [0, 0.05) is 47.2 Å². The van der Waals surface area contributed by atoms with Crippen molar-refractivity contribution in [3.63, 3.8) is 0 Å². The van der Waals surface area contributed by atoms with E-state index in [1.54, 1.807) is 20.8 Å². The van der Waals surface area contributed by atoms with Gasteiger partial charge in [0.05, 0.1) is 14.7 Å². The summed E-state index contributed by atoms with van der Waals surface area (Å²) in [5.74, 6) is -0.881. The number of non-ortho nitro benzene ring substituents is 1. The molecule has 0 saturated heterocycles. The van der Waals surface area contributed by atoms with E-state index in [1.165, 1.54) is 36.5 Å². The van der Waals surface area contributed by atoms with E-state index in [0.29, 0.717) is 10.6 Å². The van der Waals surface area contributed by atoms with Crippen molar-refractivity contribution in [2.24, 2.45) is 0 Å². The van der Waals surface area contributed by atoms with E-state index in [9.17, 15) is 23.3 Å². The van der Waals surface area contributed by atoms with Crippen molar-refractivity contribution in [3.05, 3.63) is 94.4 Å². The van der Waals surface area contributed by atoms with Crippen molar-refractivity contribution < 1.29 is 22.5 Å². The number of carbonyl (C=O) groups excluding carboxylic acids is 1. The van der Waals surface area contributed by atoms with Gasteiger partial charge in [0.2, 0.25) is 10.0 Å². The summed E-state index contributed by atoms with van der Waals surface area (Å²) in [7, 11) is -4.26. The zero-order valence-electron chi connectivity index (χ0n) is 21.8. The molecule has 0 aliphatic rings. The van der Waals surface area contributed by atoms with Gasteiger partial charge in [0.1, 0.15) is 10.8 Å². The van der Waals surface area contributed by atoms with Crippen LogP contribution in [0.1, 0.15) is 26.3 Å². The van der Waals surface area contributed by atoms with E-state index in [4.69, 9.17) is 0 Å². The van der Waals surface area contributed by atoms with Crippen LogP contribution in [0.4, 0.5) is 20.6 Å². The highest BCUT2D eigenvalue weighted by Gasteiger charge is 2.29. The number of rotatable bonds is 8. The average molecular weight is 584 g/mol. The topological polar surface area (TPSA) is 143 Å². The molecule has 3 aromatic carbocycles. The molecule has 0 unspecified atom stereocenters. The number of amides is 2. The molecule has 13 heteroatoms. The highest BCUT2D eigenvalue weighted by atomic mass is 32.2.